The minimum Gasteiger partial charge on any atom is -0.347 e. The van der Waals surface area contributed by atoms with Gasteiger partial charge in [0.1, 0.15) is 11.6 Å². The third-order valence-corrected chi connectivity index (χ3v) is 4.04. The van der Waals surface area contributed by atoms with Crippen LogP contribution in [-0.2, 0) is 19.6 Å². The van der Waals surface area contributed by atoms with E-state index >= 15 is 0 Å². The van der Waals surface area contributed by atoms with Gasteiger partial charge in [0.2, 0.25) is 0 Å². The fraction of sp³-hybridized carbons (Fsp3) is 0.250. The summed E-state index contributed by atoms with van der Waals surface area (Å²) >= 11 is 0. The van der Waals surface area contributed by atoms with Crippen LogP contribution in [0.25, 0.3) is 10.9 Å². The summed E-state index contributed by atoms with van der Waals surface area (Å²) in [7, 11) is 0. The van der Waals surface area contributed by atoms with Gasteiger partial charge in [0.15, 0.2) is 0 Å². The average Bonchev–Trinajstić information content (AvgIpc) is 3.01. The number of rotatable bonds is 2. The van der Waals surface area contributed by atoms with Crippen molar-refractivity contribution in [2.24, 2.45) is 5.73 Å². The van der Waals surface area contributed by atoms with Crippen LogP contribution >= 0.6 is 0 Å². The number of benzene rings is 1. The van der Waals surface area contributed by atoms with Gasteiger partial charge in [0.05, 0.1) is 12.1 Å². The minimum absolute atomic E-state index is 0.498. The number of para-hydroxylation sites is 1. The topological polar surface area (TPSA) is 60.0 Å². The molecule has 1 aliphatic rings. The highest BCUT2D eigenvalue weighted by Gasteiger charge is 2.20. The highest BCUT2D eigenvalue weighted by molar-refractivity contribution is 5.81. The van der Waals surface area contributed by atoms with Crippen molar-refractivity contribution in [3.63, 3.8) is 0 Å². The first kappa shape index (κ1) is 12.3. The molecule has 21 heavy (non-hydrogen) atoms. The Bertz CT molecular complexity index is 792. The number of anilines is 1. The summed E-state index contributed by atoms with van der Waals surface area (Å²) < 4.78 is 2.19. The molecule has 5 nitrogen and oxygen atoms in total. The van der Waals surface area contributed by atoms with Gasteiger partial charge in [-0.3, -0.25) is 0 Å². The van der Waals surface area contributed by atoms with E-state index in [1.807, 2.05) is 30.6 Å². The summed E-state index contributed by atoms with van der Waals surface area (Å²) in [4.78, 5) is 11.5. The van der Waals surface area contributed by atoms with E-state index in [1.165, 1.54) is 0 Å². The number of hydrogen-bond acceptors (Lipinski definition) is 4. The third-order valence-electron chi connectivity index (χ3n) is 4.04. The lowest BCUT2D eigenvalue weighted by Crippen LogP contribution is -2.35. The molecule has 2 aromatic heterocycles. The number of aromatic nitrogens is 3. The molecule has 3 aromatic rings. The molecule has 0 atom stereocenters. The van der Waals surface area contributed by atoms with Crippen molar-refractivity contribution in [1.82, 2.24) is 14.5 Å². The predicted molar refractivity (Wildman–Crippen MR) is 82.9 cm³/mol. The van der Waals surface area contributed by atoms with Crippen molar-refractivity contribution in [2.75, 3.05) is 11.4 Å². The lowest BCUT2D eigenvalue weighted by molar-refractivity contribution is 0.555. The molecule has 1 aliphatic heterocycles. The van der Waals surface area contributed by atoms with E-state index in [4.69, 9.17) is 10.7 Å². The van der Waals surface area contributed by atoms with Gasteiger partial charge >= 0.3 is 0 Å². The number of pyridine rings is 1. The summed E-state index contributed by atoms with van der Waals surface area (Å²) in [5.74, 6) is 2.07. The van der Waals surface area contributed by atoms with Crippen molar-refractivity contribution >= 4 is 16.7 Å². The first-order valence-electron chi connectivity index (χ1n) is 7.19. The summed E-state index contributed by atoms with van der Waals surface area (Å²) in [5, 5.41) is 1.14. The SMILES string of the molecule is NCc1cc2ccccc2nc1N1CCn2ccnc2C1. The van der Waals surface area contributed by atoms with E-state index < -0.39 is 0 Å². The summed E-state index contributed by atoms with van der Waals surface area (Å²) in [5.41, 5.74) is 8.04. The predicted octanol–water partition coefficient (Wildman–Crippen LogP) is 1.91. The van der Waals surface area contributed by atoms with Crippen molar-refractivity contribution in [3.8, 4) is 0 Å². The third kappa shape index (κ3) is 2.06. The lowest BCUT2D eigenvalue weighted by Gasteiger charge is -2.30. The molecule has 106 valence electrons. The van der Waals surface area contributed by atoms with Crippen molar-refractivity contribution in [3.05, 3.63) is 54.1 Å². The van der Waals surface area contributed by atoms with Gasteiger partial charge in [0.25, 0.3) is 0 Å². The Balaban J connectivity index is 1.79. The van der Waals surface area contributed by atoms with Crippen molar-refractivity contribution in [1.29, 1.82) is 0 Å². The normalized spacial score (nSPS) is 14.4. The quantitative estimate of drug-likeness (QED) is 0.778. The Morgan fingerprint density at radius 1 is 1.19 bits per heavy atom. The maximum absolute atomic E-state index is 5.94. The maximum atomic E-state index is 5.94. The number of nitrogens with zero attached hydrogens (tertiary/aromatic N) is 4. The van der Waals surface area contributed by atoms with Crippen LogP contribution in [0.3, 0.4) is 0 Å². The fourth-order valence-electron chi connectivity index (χ4n) is 2.93. The lowest BCUT2D eigenvalue weighted by atomic mass is 10.1. The second kappa shape index (κ2) is 4.86. The Morgan fingerprint density at radius 3 is 3.00 bits per heavy atom. The molecule has 0 bridgehead atoms. The molecule has 0 saturated carbocycles. The average molecular weight is 279 g/mol. The molecule has 4 rings (SSSR count). The summed E-state index contributed by atoms with van der Waals surface area (Å²) in [6.45, 7) is 3.15. The van der Waals surface area contributed by atoms with E-state index in [0.29, 0.717) is 6.54 Å². The van der Waals surface area contributed by atoms with Crippen LogP contribution < -0.4 is 10.6 Å². The van der Waals surface area contributed by atoms with Gasteiger partial charge in [-0.05, 0) is 12.1 Å². The van der Waals surface area contributed by atoms with Crippen LogP contribution in [-0.4, -0.2) is 21.1 Å². The van der Waals surface area contributed by atoms with Crippen LogP contribution in [0.15, 0.2) is 42.7 Å². The zero-order valence-electron chi connectivity index (χ0n) is 11.7. The van der Waals surface area contributed by atoms with Crippen LogP contribution in [0.2, 0.25) is 0 Å². The standard InChI is InChI=1S/C16H17N5/c17-10-13-9-12-3-1-2-4-14(12)19-16(13)21-8-7-20-6-5-18-15(20)11-21/h1-6,9H,7-8,10-11,17H2. The van der Waals surface area contributed by atoms with Gasteiger partial charge < -0.3 is 15.2 Å². The van der Waals surface area contributed by atoms with Gasteiger partial charge in [-0.15, -0.1) is 0 Å². The molecule has 0 saturated heterocycles. The van der Waals surface area contributed by atoms with Crippen LogP contribution in [0.5, 0.6) is 0 Å². The summed E-state index contributed by atoms with van der Waals surface area (Å²) in [6, 6.07) is 10.3. The highest BCUT2D eigenvalue weighted by Crippen LogP contribution is 2.26. The van der Waals surface area contributed by atoms with E-state index in [9.17, 15) is 0 Å². The molecule has 0 spiro atoms. The number of imidazole rings is 1. The number of fused-ring (bicyclic) bond motifs is 2. The largest absolute Gasteiger partial charge is 0.347 e. The number of nitrogens with two attached hydrogens (primary N) is 1. The monoisotopic (exact) mass is 279 g/mol. The molecule has 0 aliphatic carbocycles. The molecule has 1 aromatic carbocycles. The zero-order valence-corrected chi connectivity index (χ0v) is 11.7. The van der Waals surface area contributed by atoms with E-state index in [2.05, 4.69) is 26.6 Å². The van der Waals surface area contributed by atoms with E-state index in [1.54, 1.807) is 0 Å². The van der Waals surface area contributed by atoms with Gasteiger partial charge in [-0.25, -0.2) is 9.97 Å². The first-order chi connectivity index (χ1) is 10.3. The Kier molecular flexibility index (Phi) is 2.86. The van der Waals surface area contributed by atoms with E-state index in [-0.39, 0.29) is 0 Å². The van der Waals surface area contributed by atoms with Crippen LogP contribution in [0.4, 0.5) is 5.82 Å². The molecule has 3 heterocycles. The summed E-state index contributed by atoms with van der Waals surface area (Å²) in [6.07, 6.45) is 3.89. The Morgan fingerprint density at radius 2 is 2.10 bits per heavy atom. The minimum atomic E-state index is 0.498. The maximum Gasteiger partial charge on any atom is 0.134 e. The Labute approximate surface area is 123 Å². The molecular weight excluding hydrogens is 262 g/mol. The highest BCUT2D eigenvalue weighted by atomic mass is 15.3. The van der Waals surface area contributed by atoms with Gasteiger partial charge in [0, 0.05) is 43.0 Å². The molecule has 2 N–H and O–H groups in total. The number of hydrogen-bond donors (Lipinski definition) is 1. The van der Waals surface area contributed by atoms with Gasteiger partial charge in [-0.1, -0.05) is 18.2 Å². The van der Waals surface area contributed by atoms with Gasteiger partial charge in [-0.2, -0.15) is 0 Å². The smallest absolute Gasteiger partial charge is 0.134 e. The zero-order chi connectivity index (χ0) is 14.2. The Hall–Kier alpha value is -2.40. The molecular formula is C16H17N5. The van der Waals surface area contributed by atoms with Crippen molar-refractivity contribution < 1.29 is 0 Å². The first-order valence-corrected chi connectivity index (χ1v) is 7.19. The second-order valence-electron chi connectivity index (χ2n) is 5.33. The molecule has 0 unspecified atom stereocenters. The van der Waals surface area contributed by atoms with Crippen LogP contribution in [0.1, 0.15) is 11.4 Å². The van der Waals surface area contributed by atoms with Crippen LogP contribution in [0, 0.1) is 0 Å². The molecule has 0 amide bonds. The second-order valence-corrected chi connectivity index (χ2v) is 5.33. The molecule has 5 heteroatoms. The molecule has 0 radical (unpaired) electrons. The molecule has 0 fully saturated rings. The van der Waals surface area contributed by atoms with Crippen molar-refractivity contribution in [2.45, 2.75) is 19.6 Å². The fourth-order valence-corrected chi connectivity index (χ4v) is 2.93. The van der Waals surface area contributed by atoms with E-state index in [0.717, 1.165) is 47.7 Å².